The molecule has 0 radical (unpaired) electrons. The smallest absolute Gasteiger partial charge is 0.0128 e. The third kappa shape index (κ3) is 3.19. The van der Waals surface area contributed by atoms with Gasteiger partial charge in [-0.15, -0.1) is 11.3 Å². The van der Waals surface area contributed by atoms with Gasteiger partial charge in [0, 0.05) is 10.9 Å². The molecule has 1 aromatic heterocycles. The molecular weight excluding hydrogens is 214 g/mol. The monoisotopic (exact) mass is 231 g/mol. The second-order valence-corrected chi connectivity index (χ2v) is 5.27. The number of benzene rings is 1. The predicted molar refractivity (Wildman–Crippen MR) is 70.9 cm³/mol. The summed E-state index contributed by atoms with van der Waals surface area (Å²) < 4.78 is 0. The van der Waals surface area contributed by atoms with Crippen molar-refractivity contribution in [1.82, 2.24) is 0 Å². The van der Waals surface area contributed by atoms with Crippen molar-refractivity contribution in [1.29, 1.82) is 0 Å². The van der Waals surface area contributed by atoms with Crippen LogP contribution in [0.3, 0.4) is 0 Å². The van der Waals surface area contributed by atoms with Crippen LogP contribution >= 0.6 is 11.3 Å². The van der Waals surface area contributed by atoms with Gasteiger partial charge in [0.25, 0.3) is 0 Å². The number of hydrogen-bond acceptors (Lipinski definition) is 2. The lowest BCUT2D eigenvalue weighted by atomic mass is 10.0. The first kappa shape index (κ1) is 11.4. The number of aryl methyl sites for hydroxylation is 1. The highest BCUT2D eigenvalue weighted by Crippen LogP contribution is 2.13. The number of thiophene rings is 1. The minimum absolute atomic E-state index is 0.223. The summed E-state index contributed by atoms with van der Waals surface area (Å²) in [4.78, 5) is 1.37. The van der Waals surface area contributed by atoms with Gasteiger partial charge in [0.05, 0.1) is 0 Å². The molecule has 2 rings (SSSR count). The van der Waals surface area contributed by atoms with Gasteiger partial charge >= 0.3 is 0 Å². The Morgan fingerprint density at radius 3 is 2.50 bits per heavy atom. The van der Waals surface area contributed by atoms with Crippen LogP contribution in [0.15, 0.2) is 41.8 Å². The molecule has 0 amide bonds. The van der Waals surface area contributed by atoms with Crippen molar-refractivity contribution in [2.45, 2.75) is 25.8 Å². The maximum absolute atomic E-state index is 6.14. The lowest BCUT2D eigenvalue weighted by molar-refractivity contribution is 0.671. The molecule has 16 heavy (non-hydrogen) atoms. The maximum Gasteiger partial charge on any atom is 0.0128 e. The van der Waals surface area contributed by atoms with Crippen molar-refractivity contribution >= 4 is 11.3 Å². The first-order valence-corrected chi connectivity index (χ1v) is 6.45. The van der Waals surface area contributed by atoms with Gasteiger partial charge in [-0.25, -0.2) is 0 Å². The van der Waals surface area contributed by atoms with Crippen molar-refractivity contribution in [3.63, 3.8) is 0 Å². The van der Waals surface area contributed by atoms with E-state index >= 15 is 0 Å². The van der Waals surface area contributed by atoms with Crippen molar-refractivity contribution in [3.8, 4) is 0 Å². The number of hydrogen-bond donors (Lipinski definition) is 1. The molecule has 84 valence electrons. The summed E-state index contributed by atoms with van der Waals surface area (Å²) in [6, 6.07) is 13.1. The number of nitrogens with two attached hydrogens (primary N) is 1. The molecule has 2 heteroatoms. The van der Waals surface area contributed by atoms with E-state index < -0.39 is 0 Å². The van der Waals surface area contributed by atoms with Gasteiger partial charge < -0.3 is 5.73 Å². The Hall–Kier alpha value is -1.12. The Morgan fingerprint density at radius 1 is 1.12 bits per heavy atom. The Bertz CT molecular complexity index is 417. The van der Waals surface area contributed by atoms with E-state index in [0.717, 1.165) is 12.8 Å². The average molecular weight is 231 g/mol. The normalized spacial score (nSPS) is 12.6. The molecule has 0 saturated carbocycles. The Kier molecular flexibility index (Phi) is 3.75. The highest BCUT2D eigenvalue weighted by molar-refractivity contribution is 7.09. The van der Waals surface area contributed by atoms with Gasteiger partial charge in [0.2, 0.25) is 0 Å². The summed E-state index contributed by atoms with van der Waals surface area (Å²) in [5, 5.41) is 2.11. The van der Waals surface area contributed by atoms with E-state index in [1.54, 1.807) is 11.3 Å². The molecule has 1 atom stereocenters. The minimum Gasteiger partial charge on any atom is -0.327 e. The van der Waals surface area contributed by atoms with Crippen molar-refractivity contribution < 1.29 is 0 Å². The van der Waals surface area contributed by atoms with E-state index in [9.17, 15) is 0 Å². The first-order valence-electron chi connectivity index (χ1n) is 5.57. The summed E-state index contributed by atoms with van der Waals surface area (Å²) in [6.07, 6.45) is 1.93. The topological polar surface area (TPSA) is 26.0 Å². The highest BCUT2D eigenvalue weighted by atomic mass is 32.1. The quantitative estimate of drug-likeness (QED) is 0.859. The lowest BCUT2D eigenvalue weighted by Gasteiger charge is -2.10. The zero-order chi connectivity index (χ0) is 11.4. The first-order chi connectivity index (χ1) is 7.74. The summed E-state index contributed by atoms with van der Waals surface area (Å²) in [5.41, 5.74) is 8.77. The average Bonchev–Trinajstić information content (AvgIpc) is 2.74. The lowest BCUT2D eigenvalue weighted by Crippen LogP contribution is -2.25. The zero-order valence-electron chi connectivity index (χ0n) is 9.52. The van der Waals surface area contributed by atoms with Gasteiger partial charge in [0.15, 0.2) is 0 Å². The standard InChI is InChI=1S/C14H17NS/c1-11-4-6-12(7-5-11)9-13(15)10-14-3-2-8-16-14/h2-8,13H,9-10,15H2,1H3. The Labute approximate surface area is 101 Å². The van der Waals surface area contributed by atoms with E-state index in [1.807, 2.05) is 0 Å². The second-order valence-electron chi connectivity index (χ2n) is 4.23. The van der Waals surface area contributed by atoms with Crippen LogP contribution in [0.2, 0.25) is 0 Å². The van der Waals surface area contributed by atoms with Gasteiger partial charge in [-0.3, -0.25) is 0 Å². The molecule has 1 unspecified atom stereocenters. The molecule has 1 nitrogen and oxygen atoms in total. The summed E-state index contributed by atoms with van der Waals surface area (Å²) in [7, 11) is 0. The fraction of sp³-hybridized carbons (Fsp3) is 0.286. The van der Waals surface area contributed by atoms with Crippen LogP contribution in [0.1, 0.15) is 16.0 Å². The SMILES string of the molecule is Cc1ccc(CC(N)Cc2cccs2)cc1. The van der Waals surface area contributed by atoms with Crippen LogP contribution in [0.4, 0.5) is 0 Å². The van der Waals surface area contributed by atoms with Gasteiger partial charge in [-0.1, -0.05) is 35.9 Å². The molecule has 0 aliphatic carbocycles. The molecule has 2 N–H and O–H groups in total. The Balaban J connectivity index is 1.92. The van der Waals surface area contributed by atoms with Crippen LogP contribution in [0.5, 0.6) is 0 Å². The van der Waals surface area contributed by atoms with Gasteiger partial charge in [-0.05, 0) is 36.8 Å². The third-order valence-electron chi connectivity index (χ3n) is 2.66. The Morgan fingerprint density at radius 2 is 1.88 bits per heavy atom. The molecule has 0 aliphatic heterocycles. The zero-order valence-corrected chi connectivity index (χ0v) is 10.3. The molecule has 0 bridgehead atoms. The van der Waals surface area contributed by atoms with Crippen molar-refractivity contribution in [2.24, 2.45) is 5.73 Å². The van der Waals surface area contributed by atoms with Gasteiger partial charge in [0.1, 0.15) is 0 Å². The van der Waals surface area contributed by atoms with Crippen LogP contribution in [0, 0.1) is 6.92 Å². The largest absolute Gasteiger partial charge is 0.327 e. The van der Waals surface area contributed by atoms with Gasteiger partial charge in [-0.2, -0.15) is 0 Å². The van der Waals surface area contributed by atoms with Crippen LogP contribution in [0.25, 0.3) is 0 Å². The molecule has 0 aliphatic rings. The molecule has 0 saturated heterocycles. The van der Waals surface area contributed by atoms with E-state index in [4.69, 9.17) is 5.73 Å². The van der Waals surface area contributed by atoms with Crippen molar-refractivity contribution in [3.05, 3.63) is 57.8 Å². The van der Waals surface area contributed by atoms with E-state index in [0.29, 0.717) is 0 Å². The van der Waals surface area contributed by atoms with Crippen LogP contribution in [-0.2, 0) is 12.8 Å². The third-order valence-corrected chi connectivity index (χ3v) is 3.56. The summed E-state index contributed by atoms with van der Waals surface area (Å²) >= 11 is 1.78. The molecule has 2 aromatic rings. The van der Waals surface area contributed by atoms with E-state index in [-0.39, 0.29) is 6.04 Å². The van der Waals surface area contributed by atoms with Crippen molar-refractivity contribution in [2.75, 3.05) is 0 Å². The maximum atomic E-state index is 6.14. The molecule has 1 aromatic carbocycles. The fourth-order valence-corrected chi connectivity index (χ4v) is 2.59. The highest BCUT2D eigenvalue weighted by Gasteiger charge is 2.05. The van der Waals surface area contributed by atoms with E-state index in [2.05, 4.69) is 48.7 Å². The number of rotatable bonds is 4. The second kappa shape index (κ2) is 5.28. The minimum atomic E-state index is 0.223. The predicted octanol–water partition coefficient (Wildman–Crippen LogP) is 3.17. The summed E-state index contributed by atoms with van der Waals surface area (Å²) in [5.74, 6) is 0. The fourth-order valence-electron chi connectivity index (χ4n) is 1.79. The molecule has 0 fully saturated rings. The van der Waals surface area contributed by atoms with E-state index in [1.165, 1.54) is 16.0 Å². The molecule has 1 heterocycles. The molecule has 0 spiro atoms. The molecular formula is C14H17NS. The van der Waals surface area contributed by atoms with Crippen LogP contribution < -0.4 is 5.73 Å². The van der Waals surface area contributed by atoms with Crippen LogP contribution in [-0.4, -0.2) is 6.04 Å². The summed E-state index contributed by atoms with van der Waals surface area (Å²) in [6.45, 7) is 2.11.